The van der Waals surface area contributed by atoms with Gasteiger partial charge in [0.25, 0.3) is 0 Å². The number of benzene rings is 1. The number of likely N-dealkylation sites (tertiary alicyclic amines) is 1. The highest BCUT2D eigenvalue weighted by molar-refractivity contribution is 5.78. The first-order chi connectivity index (χ1) is 13.5. The summed E-state index contributed by atoms with van der Waals surface area (Å²) >= 11 is 0. The van der Waals surface area contributed by atoms with Crippen molar-refractivity contribution in [2.45, 2.75) is 43.6 Å². The molecule has 2 aliphatic rings. The van der Waals surface area contributed by atoms with Crippen LogP contribution in [0.25, 0.3) is 0 Å². The molecule has 0 bridgehead atoms. The van der Waals surface area contributed by atoms with E-state index < -0.39 is 5.97 Å². The molecule has 146 valence electrons. The lowest BCUT2D eigenvalue weighted by Gasteiger charge is -2.46. The molecule has 1 unspecified atom stereocenters. The number of carboxylic acid groups (broad SMARTS) is 1. The molecule has 28 heavy (non-hydrogen) atoms. The van der Waals surface area contributed by atoms with E-state index in [0.717, 1.165) is 29.7 Å². The third-order valence-corrected chi connectivity index (χ3v) is 5.83. The van der Waals surface area contributed by atoms with Crippen molar-refractivity contribution in [3.63, 3.8) is 0 Å². The summed E-state index contributed by atoms with van der Waals surface area (Å²) in [5.74, 6) is 0.0392. The molecule has 0 saturated carbocycles. The van der Waals surface area contributed by atoms with Crippen molar-refractivity contribution in [1.29, 1.82) is 0 Å². The molecule has 1 fully saturated rings. The molecule has 0 aliphatic carbocycles. The Balaban J connectivity index is 1.44. The van der Waals surface area contributed by atoms with Crippen molar-refractivity contribution >= 4 is 11.9 Å². The molecular weight excluding hydrogens is 356 g/mol. The van der Waals surface area contributed by atoms with E-state index in [1.54, 1.807) is 12.4 Å². The van der Waals surface area contributed by atoms with Crippen molar-refractivity contribution in [2.75, 3.05) is 13.1 Å². The summed E-state index contributed by atoms with van der Waals surface area (Å²) in [7, 11) is 0. The molecule has 1 atom stereocenters. The standard InChI is InChI=1S/C22H24N2O4/c25-20(12-16-4-3-9-23-15-16)24-10-7-22(8-11-24)14-17(13-21(26)27)18-5-1-2-6-19(18)28-22/h1-6,9,15,17H,7-8,10-14H2,(H,26,27). The molecule has 1 saturated heterocycles. The van der Waals surface area contributed by atoms with E-state index in [9.17, 15) is 14.7 Å². The maximum absolute atomic E-state index is 12.6. The predicted molar refractivity (Wildman–Crippen MR) is 103 cm³/mol. The number of fused-ring (bicyclic) bond motifs is 1. The van der Waals surface area contributed by atoms with Crippen LogP contribution in [-0.4, -0.2) is 45.6 Å². The number of carboxylic acids is 1. The Bertz CT molecular complexity index is 860. The number of pyridine rings is 1. The first-order valence-electron chi connectivity index (χ1n) is 9.71. The van der Waals surface area contributed by atoms with E-state index in [1.165, 1.54) is 0 Å². The molecular formula is C22H24N2O4. The van der Waals surface area contributed by atoms with Gasteiger partial charge in [0.1, 0.15) is 11.4 Å². The summed E-state index contributed by atoms with van der Waals surface area (Å²) in [6.45, 7) is 1.25. The average Bonchev–Trinajstić information content (AvgIpc) is 2.69. The first-order valence-corrected chi connectivity index (χ1v) is 9.71. The minimum Gasteiger partial charge on any atom is -0.487 e. The lowest BCUT2D eigenvalue weighted by atomic mass is 9.76. The van der Waals surface area contributed by atoms with Gasteiger partial charge in [-0.2, -0.15) is 0 Å². The van der Waals surface area contributed by atoms with Gasteiger partial charge >= 0.3 is 5.97 Å². The number of hydrogen-bond acceptors (Lipinski definition) is 4. The zero-order valence-electron chi connectivity index (χ0n) is 15.7. The van der Waals surface area contributed by atoms with Crippen LogP contribution in [0.15, 0.2) is 48.8 Å². The molecule has 1 spiro atoms. The van der Waals surface area contributed by atoms with Gasteiger partial charge in [0.15, 0.2) is 0 Å². The highest BCUT2D eigenvalue weighted by Gasteiger charge is 2.44. The summed E-state index contributed by atoms with van der Waals surface area (Å²) in [5, 5.41) is 9.33. The van der Waals surface area contributed by atoms with E-state index in [2.05, 4.69) is 4.98 Å². The van der Waals surface area contributed by atoms with Crippen LogP contribution in [0.5, 0.6) is 5.75 Å². The molecule has 2 aromatic rings. The number of carbonyl (C=O) groups excluding carboxylic acids is 1. The van der Waals surface area contributed by atoms with Crippen LogP contribution >= 0.6 is 0 Å². The van der Waals surface area contributed by atoms with Crippen molar-refractivity contribution < 1.29 is 19.4 Å². The van der Waals surface area contributed by atoms with Gasteiger partial charge in [-0.1, -0.05) is 24.3 Å². The fraction of sp³-hybridized carbons (Fsp3) is 0.409. The van der Waals surface area contributed by atoms with Crippen LogP contribution < -0.4 is 4.74 Å². The average molecular weight is 380 g/mol. The van der Waals surface area contributed by atoms with Gasteiger partial charge in [-0.3, -0.25) is 14.6 Å². The largest absolute Gasteiger partial charge is 0.487 e. The normalized spacial score (nSPS) is 20.3. The van der Waals surface area contributed by atoms with E-state index in [-0.39, 0.29) is 23.8 Å². The van der Waals surface area contributed by atoms with Crippen LogP contribution in [-0.2, 0) is 16.0 Å². The Hall–Kier alpha value is -2.89. The second kappa shape index (κ2) is 7.62. The van der Waals surface area contributed by atoms with Gasteiger partial charge < -0.3 is 14.7 Å². The van der Waals surface area contributed by atoms with Crippen LogP contribution in [0.1, 0.15) is 42.7 Å². The third kappa shape index (κ3) is 3.86. The topological polar surface area (TPSA) is 79.7 Å². The number of amides is 1. The van der Waals surface area contributed by atoms with Crippen molar-refractivity contribution in [1.82, 2.24) is 9.88 Å². The second-order valence-corrected chi connectivity index (χ2v) is 7.74. The summed E-state index contributed by atoms with van der Waals surface area (Å²) in [4.78, 5) is 29.9. The van der Waals surface area contributed by atoms with Crippen LogP contribution in [0, 0.1) is 0 Å². The zero-order chi connectivity index (χ0) is 19.6. The van der Waals surface area contributed by atoms with Crippen molar-refractivity contribution in [2.24, 2.45) is 0 Å². The van der Waals surface area contributed by atoms with Crippen LogP contribution in [0.4, 0.5) is 0 Å². The number of aliphatic carboxylic acids is 1. The Morgan fingerprint density at radius 2 is 1.96 bits per heavy atom. The van der Waals surface area contributed by atoms with E-state index in [4.69, 9.17) is 4.74 Å². The highest BCUT2D eigenvalue weighted by atomic mass is 16.5. The fourth-order valence-electron chi connectivity index (χ4n) is 4.40. The number of aromatic nitrogens is 1. The summed E-state index contributed by atoms with van der Waals surface area (Å²) in [6.07, 6.45) is 6.00. The molecule has 0 radical (unpaired) electrons. The number of piperidine rings is 1. The van der Waals surface area contributed by atoms with Gasteiger partial charge in [0.2, 0.25) is 5.91 Å². The van der Waals surface area contributed by atoms with Crippen LogP contribution in [0.3, 0.4) is 0 Å². The highest BCUT2D eigenvalue weighted by Crippen LogP contribution is 2.46. The predicted octanol–water partition coefficient (Wildman–Crippen LogP) is 3.03. The zero-order valence-corrected chi connectivity index (χ0v) is 15.7. The molecule has 1 amide bonds. The maximum atomic E-state index is 12.6. The van der Waals surface area contributed by atoms with Gasteiger partial charge in [-0.15, -0.1) is 0 Å². The monoisotopic (exact) mass is 380 g/mol. The summed E-state index contributed by atoms with van der Waals surface area (Å²) in [5.41, 5.74) is 1.50. The molecule has 6 heteroatoms. The molecule has 3 heterocycles. The molecule has 1 N–H and O–H groups in total. The Morgan fingerprint density at radius 1 is 1.18 bits per heavy atom. The van der Waals surface area contributed by atoms with Crippen molar-refractivity contribution in [3.8, 4) is 5.75 Å². The number of ether oxygens (including phenoxy) is 1. The Kier molecular flexibility index (Phi) is 5.03. The van der Waals surface area contributed by atoms with E-state index in [1.807, 2.05) is 41.3 Å². The SMILES string of the molecule is O=C(O)CC1CC2(CCN(C(=O)Cc3cccnc3)CC2)Oc2ccccc21. The summed E-state index contributed by atoms with van der Waals surface area (Å²) < 4.78 is 6.38. The number of carbonyl (C=O) groups is 2. The first kappa shape index (κ1) is 18.5. The third-order valence-electron chi connectivity index (χ3n) is 5.83. The second-order valence-electron chi connectivity index (χ2n) is 7.74. The van der Waals surface area contributed by atoms with Gasteiger partial charge in [0, 0.05) is 44.2 Å². The molecule has 2 aliphatic heterocycles. The van der Waals surface area contributed by atoms with Gasteiger partial charge in [-0.25, -0.2) is 0 Å². The van der Waals surface area contributed by atoms with Crippen LogP contribution in [0.2, 0.25) is 0 Å². The lowest BCUT2D eigenvalue weighted by molar-refractivity contribution is -0.138. The van der Waals surface area contributed by atoms with Gasteiger partial charge in [0.05, 0.1) is 12.8 Å². The lowest BCUT2D eigenvalue weighted by Crippen LogP contribution is -2.52. The van der Waals surface area contributed by atoms with E-state index >= 15 is 0 Å². The maximum Gasteiger partial charge on any atom is 0.303 e. The number of hydrogen-bond donors (Lipinski definition) is 1. The molecule has 6 nitrogen and oxygen atoms in total. The Morgan fingerprint density at radius 3 is 2.68 bits per heavy atom. The fourth-order valence-corrected chi connectivity index (χ4v) is 4.40. The molecule has 1 aromatic heterocycles. The number of nitrogens with zero attached hydrogens (tertiary/aromatic N) is 2. The number of para-hydroxylation sites is 1. The molecule has 1 aromatic carbocycles. The minimum atomic E-state index is -0.791. The van der Waals surface area contributed by atoms with E-state index in [0.29, 0.717) is 25.9 Å². The minimum absolute atomic E-state index is 0.0555. The Labute approximate surface area is 164 Å². The smallest absolute Gasteiger partial charge is 0.303 e. The van der Waals surface area contributed by atoms with Gasteiger partial charge in [-0.05, 0) is 29.7 Å². The quantitative estimate of drug-likeness (QED) is 0.882. The number of rotatable bonds is 4. The summed E-state index contributed by atoms with van der Waals surface area (Å²) in [6, 6.07) is 11.5. The van der Waals surface area contributed by atoms with Crippen molar-refractivity contribution in [3.05, 3.63) is 59.9 Å². The molecule has 4 rings (SSSR count).